The van der Waals surface area contributed by atoms with Gasteiger partial charge in [0.05, 0.1) is 20.1 Å². The first-order chi connectivity index (χ1) is 7.26. The Morgan fingerprint density at radius 1 is 1.53 bits per heavy atom. The van der Waals surface area contributed by atoms with Crippen LogP contribution in [0.1, 0.15) is 11.1 Å². The first-order valence-corrected chi connectivity index (χ1v) is 4.69. The number of benzene rings is 1. The van der Waals surface area contributed by atoms with Gasteiger partial charge in [0.1, 0.15) is 0 Å². The summed E-state index contributed by atoms with van der Waals surface area (Å²) in [7, 11) is 1.37. The van der Waals surface area contributed by atoms with E-state index in [2.05, 4.69) is 4.74 Å². The number of carbonyl (C=O) groups is 1. The van der Waals surface area contributed by atoms with Crippen LogP contribution in [0.3, 0.4) is 0 Å². The minimum absolute atomic E-state index is 0.0151. The summed E-state index contributed by atoms with van der Waals surface area (Å²) in [5.41, 5.74) is 1.87. The van der Waals surface area contributed by atoms with E-state index in [9.17, 15) is 4.79 Å². The van der Waals surface area contributed by atoms with Crippen LogP contribution in [0.2, 0.25) is 0 Å². The van der Waals surface area contributed by atoms with Gasteiger partial charge >= 0.3 is 5.97 Å². The van der Waals surface area contributed by atoms with Gasteiger partial charge in [0.25, 0.3) is 0 Å². The standard InChI is InChI=1S/C12H14O3/c1-15-12(14)9-11-5-2-4-10(8-11)6-3-7-13/h2-6,8,13H,7,9H2,1H3/b6-3+. The smallest absolute Gasteiger partial charge is 0.309 e. The number of aliphatic hydroxyl groups is 1. The quantitative estimate of drug-likeness (QED) is 0.757. The topological polar surface area (TPSA) is 46.5 Å². The molecule has 80 valence electrons. The maximum absolute atomic E-state index is 11.0. The molecule has 3 nitrogen and oxygen atoms in total. The molecule has 0 aromatic heterocycles. The van der Waals surface area contributed by atoms with E-state index in [1.807, 2.05) is 24.3 Å². The zero-order chi connectivity index (χ0) is 11.1. The van der Waals surface area contributed by atoms with Crippen molar-refractivity contribution >= 4 is 12.0 Å². The Balaban J connectivity index is 2.74. The summed E-state index contributed by atoms with van der Waals surface area (Å²) in [6.45, 7) is 0.0151. The molecule has 0 fully saturated rings. The second-order valence-electron chi connectivity index (χ2n) is 3.08. The largest absolute Gasteiger partial charge is 0.469 e. The van der Waals surface area contributed by atoms with E-state index in [4.69, 9.17) is 5.11 Å². The molecule has 1 aromatic carbocycles. The number of hydrogen-bond donors (Lipinski definition) is 1. The molecular formula is C12H14O3. The molecule has 0 amide bonds. The first-order valence-electron chi connectivity index (χ1n) is 4.69. The van der Waals surface area contributed by atoms with Gasteiger partial charge in [-0.25, -0.2) is 0 Å². The Hall–Kier alpha value is -1.61. The number of methoxy groups -OCH3 is 1. The van der Waals surface area contributed by atoms with E-state index < -0.39 is 0 Å². The van der Waals surface area contributed by atoms with Crippen molar-refractivity contribution in [1.82, 2.24) is 0 Å². The second kappa shape index (κ2) is 5.98. The van der Waals surface area contributed by atoms with Crippen LogP contribution in [0.5, 0.6) is 0 Å². The van der Waals surface area contributed by atoms with Crippen LogP contribution in [0.15, 0.2) is 30.3 Å². The second-order valence-corrected chi connectivity index (χ2v) is 3.08. The molecule has 0 saturated carbocycles. The molecule has 0 radical (unpaired) electrons. The van der Waals surface area contributed by atoms with E-state index in [1.165, 1.54) is 7.11 Å². The zero-order valence-corrected chi connectivity index (χ0v) is 8.64. The Morgan fingerprint density at radius 2 is 2.33 bits per heavy atom. The van der Waals surface area contributed by atoms with Gasteiger partial charge in [-0.3, -0.25) is 4.79 Å². The highest BCUT2D eigenvalue weighted by Gasteiger charge is 2.02. The molecule has 1 rings (SSSR count). The Kier molecular flexibility index (Phi) is 4.57. The molecule has 0 heterocycles. The fourth-order valence-corrected chi connectivity index (χ4v) is 1.23. The van der Waals surface area contributed by atoms with Crippen molar-refractivity contribution in [2.24, 2.45) is 0 Å². The summed E-state index contributed by atoms with van der Waals surface area (Å²) >= 11 is 0. The zero-order valence-electron chi connectivity index (χ0n) is 8.64. The summed E-state index contributed by atoms with van der Waals surface area (Å²) in [6.07, 6.45) is 3.73. The van der Waals surface area contributed by atoms with Gasteiger partial charge in [-0.2, -0.15) is 0 Å². The molecule has 0 bridgehead atoms. The van der Waals surface area contributed by atoms with Crippen molar-refractivity contribution in [1.29, 1.82) is 0 Å². The number of rotatable bonds is 4. The van der Waals surface area contributed by atoms with Gasteiger partial charge in [-0.15, -0.1) is 0 Å². The minimum atomic E-state index is -0.252. The third kappa shape index (κ3) is 3.95. The van der Waals surface area contributed by atoms with Gasteiger partial charge in [0, 0.05) is 0 Å². The van der Waals surface area contributed by atoms with Crippen LogP contribution in [0.25, 0.3) is 6.08 Å². The lowest BCUT2D eigenvalue weighted by atomic mass is 10.1. The Bertz CT molecular complexity index is 356. The van der Waals surface area contributed by atoms with Crippen LogP contribution in [-0.4, -0.2) is 24.8 Å². The van der Waals surface area contributed by atoms with Crippen molar-refractivity contribution < 1.29 is 14.6 Å². The molecule has 1 aromatic rings. The predicted octanol–water partition coefficient (Wildman–Crippen LogP) is 1.41. The van der Waals surface area contributed by atoms with Crippen molar-refractivity contribution in [3.63, 3.8) is 0 Å². The molecule has 1 N–H and O–H groups in total. The molecular weight excluding hydrogens is 192 g/mol. The fourth-order valence-electron chi connectivity index (χ4n) is 1.23. The SMILES string of the molecule is COC(=O)Cc1cccc(/C=C/CO)c1. The van der Waals surface area contributed by atoms with Crippen LogP contribution in [0.4, 0.5) is 0 Å². The van der Waals surface area contributed by atoms with E-state index >= 15 is 0 Å². The Morgan fingerprint density at radius 3 is 3.00 bits per heavy atom. The number of ether oxygens (including phenoxy) is 1. The normalized spacial score (nSPS) is 10.5. The molecule has 0 aliphatic carbocycles. The van der Waals surface area contributed by atoms with E-state index in [1.54, 1.807) is 12.2 Å². The van der Waals surface area contributed by atoms with Gasteiger partial charge in [-0.1, -0.05) is 36.4 Å². The molecule has 0 aliphatic rings. The molecule has 0 saturated heterocycles. The number of aliphatic hydroxyl groups excluding tert-OH is 1. The lowest BCUT2D eigenvalue weighted by Crippen LogP contribution is -2.04. The average molecular weight is 206 g/mol. The fraction of sp³-hybridized carbons (Fsp3) is 0.250. The first kappa shape index (κ1) is 11.5. The third-order valence-electron chi connectivity index (χ3n) is 1.94. The molecule has 0 unspecified atom stereocenters. The maximum atomic E-state index is 11.0. The van der Waals surface area contributed by atoms with Crippen molar-refractivity contribution in [3.8, 4) is 0 Å². The summed E-state index contributed by atoms with van der Waals surface area (Å²) in [6, 6.07) is 7.54. The average Bonchev–Trinajstić information content (AvgIpc) is 2.26. The summed E-state index contributed by atoms with van der Waals surface area (Å²) in [5, 5.41) is 8.62. The predicted molar refractivity (Wildman–Crippen MR) is 58.3 cm³/mol. The summed E-state index contributed by atoms with van der Waals surface area (Å²) < 4.78 is 4.58. The monoisotopic (exact) mass is 206 g/mol. The van der Waals surface area contributed by atoms with Crippen molar-refractivity contribution in [2.75, 3.05) is 13.7 Å². The highest BCUT2D eigenvalue weighted by Crippen LogP contribution is 2.08. The minimum Gasteiger partial charge on any atom is -0.469 e. The highest BCUT2D eigenvalue weighted by atomic mass is 16.5. The highest BCUT2D eigenvalue weighted by molar-refractivity contribution is 5.72. The molecule has 15 heavy (non-hydrogen) atoms. The lowest BCUT2D eigenvalue weighted by molar-refractivity contribution is -0.139. The van der Waals surface area contributed by atoms with Crippen LogP contribution in [-0.2, 0) is 16.0 Å². The van der Waals surface area contributed by atoms with Gasteiger partial charge in [0.2, 0.25) is 0 Å². The van der Waals surface area contributed by atoms with E-state index in [0.717, 1.165) is 11.1 Å². The van der Waals surface area contributed by atoms with Crippen molar-refractivity contribution in [2.45, 2.75) is 6.42 Å². The lowest BCUT2D eigenvalue weighted by Gasteiger charge is -2.01. The maximum Gasteiger partial charge on any atom is 0.309 e. The third-order valence-corrected chi connectivity index (χ3v) is 1.94. The summed E-state index contributed by atoms with van der Waals surface area (Å²) in [5.74, 6) is -0.252. The number of carbonyl (C=O) groups excluding carboxylic acids is 1. The van der Waals surface area contributed by atoms with Gasteiger partial charge in [-0.05, 0) is 11.1 Å². The van der Waals surface area contributed by atoms with Crippen LogP contribution < -0.4 is 0 Å². The Labute approximate surface area is 89.0 Å². The van der Waals surface area contributed by atoms with Crippen LogP contribution >= 0.6 is 0 Å². The summed E-state index contributed by atoms with van der Waals surface area (Å²) in [4.78, 5) is 11.0. The van der Waals surface area contributed by atoms with Crippen LogP contribution in [0, 0.1) is 0 Å². The molecule has 0 aliphatic heterocycles. The molecule has 3 heteroatoms. The van der Waals surface area contributed by atoms with E-state index in [0.29, 0.717) is 0 Å². The number of hydrogen-bond acceptors (Lipinski definition) is 3. The molecule has 0 spiro atoms. The van der Waals surface area contributed by atoms with Crippen molar-refractivity contribution in [3.05, 3.63) is 41.5 Å². The number of esters is 1. The van der Waals surface area contributed by atoms with Gasteiger partial charge < -0.3 is 9.84 Å². The van der Waals surface area contributed by atoms with E-state index in [-0.39, 0.29) is 19.0 Å². The molecule has 0 atom stereocenters. The van der Waals surface area contributed by atoms with Gasteiger partial charge in [0.15, 0.2) is 0 Å².